The number of rotatable bonds is 3. The van der Waals surface area contributed by atoms with Gasteiger partial charge in [0.05, 0.1) is 11.8 Å². The number of carbonyl (C=O) groups excluding carboxylic acids is 1. The summed E-state index contributed by atoms with van der Waals surface area (Å²) in [7, 11) is 0. The van der Waals surface area contributed by atoms with E-state index in [1.165, 1.54) is 0 Å². The molecule has 2 fully saturated rings. The van der Waals surface area contributed by atoms with Crippen molar-refractivity contribution in [2.24, 2.45) is 17.8 Å². The van der Waals surface area contributed by atoms with Gasteiger partial charge in [0.15, 0.2) is 0 Å². The number of alkyl halides is 3. The lowest BCUT2D eigenvalue weighted by atomic mass is 9.96. The molecule has 1 saturated carbocycles. The van der Waals surface area contributed by atoms with E-state index in [2.05, 4.69) is 0 Å². The summed E-state index contributed by atoms with van der Waals surface area (Å²) in [5.41, 5.74) is 0.877. The monoisotopic (exact) mass is 361 g/mol. The zero-order valence-electron chi connectivity index (χ0n) is 12.5. The Hall–Kier alpha value is -1.76. The standard InChI is InChI=1S/C16H15ClF3NO3/c17-9-3-1-2-8(4-9)10-5-11(10)14(22)21-6-12(15(23)24)13(7-21)16(18,19)20/h1-4,10-13H,5-7H2,(H,23,24)/t10?,11?,12-,13-/m1/s1. The lowest BCUT2D eigenvalue weighted by molar-refractivity contribution is -0.188. The van der Waals surface area contributed by atoms with Gasteiger partial charge in [-0.05, 0) is 30.0 Å². The fraction of sp³-hybridized carbons (Fsp3) is 0.500. The molecule has 1 aromatic rings. The van der Waals surface area contributed by atoms with E-state index in [1.54, 1.807) is 18.2 Å². The SMILES string of the molecule is O=C(O)[C@@H]1CN(C(=O)C2CC2c2cccc(Cl)c2)C[C@H]1C(F)(F)F. The van der Waals surface area contributed by atoms with Gasteiger partial charge in [-0.3, -0.25) is 9.59 Å². The van der Waals surface area contributed by atoms with Crippen LogP contribution >= 0.6 is 11.6 Å². The van der Waals surface area contributed by atoms with Gasteiger partial charge in [-0.25, -0.2) is 0 Å². The van der Waals surface area contributed by atoms with E-state index in [0.717, 1.165) is 10.5 Å². The maximum absolute atomic E-state index is 13.0. The van der Waals surface area contributed by atoms with Crippen molar-refractivity contribution < 1.29 is 27.9 Å². The highest BCUT2D eigenvalue weighted by Crippen LogP contribution is 2.50. The molecule has 1 aliphatic carbocycles. The molecule has 0 spiro atoms. The van der Waals surface area contributed by atoms with Gasteiger partial charge in [-0.15, -0.1) is 0 Å². The number of nitrogens with zero attached hydrogens (tertiary/aromatic N) is 1. The highest BCUT2D eigenvalue weighted by molar-refractivity contribution is 6.30. The van der Waals surface area contributed by atoms with Gasteiger partial charge in [-0.2, -0.15) is 13.2 Å². The number of halogens is 4. The first kappa shape index (κ1) is 17.1. The minimum Gasteiger partial charge on any atom is -0.481 e. The molecule has 1 amide bonds. The van der Waals surface area contributed by atoms with Crippen molar-refractivity contribution in [2.45, 2.75) is 18.5 Å². The van der Waals surface area contributed by atoms with Crippen LogP contribution < -0.4 is 0 Å². The maximum atomic E-state index is 13.0. The smallest absolute Gasteiger partial charge is 0.394 e. The molecule has 2 unspecified atom stereocenters. The summed E-state index contributed by atoms with van der Waals surface area (Å²) in [5.74, 6) is -6.00. The Labute approximate surface area is 141 Å². The topological polar surface area (TPSA) is 57.6 Å². The zero-order valence-corrected chi connectivity index (χ0v) is 13.2. The van der Waals surface area contributed by atoms with Gasteiger partial charge in [0, 0.05) is 24.0 Å². The van der Waals surface area contributed by atoms with Gasteiger partial charge in [0.1, 0.15) is 0 Å². The first-order chi connectivity index (χ1) is 11.2. The van der Waals surface area contributed by atoms with Crippen LogP contribution in [0.1, 0.15) is 17.9 Å². The molecule has 0 radical (unpaired) electrons. The van der Waals surface area contributed by atoms with Crippen LogP contribution in [0.25, 0.3) is 0 Å². The Morgan fingerprint density at radius 2 is 1.92 bits per heavy atom. The first-order valence-corrected chi connectivity index (χ1v) is 7.90. The fourth-order valence-electron chi connectivity index (χ4n) is 3.37. The van der Waals surface area contributed by atoms with E-state index in [-0.39, 0.29) is 5.92 Å². The Balaban J connectivity index is 1.70. The van der Waals surface area contributed by atoms with E-state index in [1.807, 2.05) is 6.07 Å². The third kappa shape index (κ3) is 3.22. The van der Waals surface area contributed by atoms with E-state index >= 15 is 0 Å². The highest BCUT2D eigenvalue weighted by atomic mass is 35.5. The summed E-state index contributed by atoms with van der Waals surface area (Å²) >= 11 is 5.91. The number of aliphatic carboxylic acids is 1. The number of carboxylic acid groups (broad SMARTS) is 1. The number of carboxylic acids is 1. The van der Waals surface area contributed by atoms with E-state index in [9.17, 15) is 22.8 Å². The molecule has 1 N–H and O–H groups in total. The molecule has 4 atom stereocenters. The van der Waals surface area contributed by atoms with Crippen LogP contribution in [-0.4, -0.2) is 41.1 Å². The molecule has 3 rings (SSSR count). The van der Waals surface area contributed by atoms with Gasteiger partial charge in [0.2, 0.25) is 5.91 Å². The highest BCUT2D eigenvalue weighted by Gasteiger charge is 2.56. The molecule has 1 aliphatic heterocycles. The van der Waals surface area contributed by atoms with Crippen molar-refractivity contribution in [2.75, 3.05) is 13.1 Å². The van der Waals surface area contributed by atoms with Gasteiger partial charge >= 0.3 is 12.1 Å². The van der Waals surface area contributed by atoms with Gasteiger partial charge < -0.3 is 10.0 Å². The van der Waals surface area contributed by atoms with Crippen molar-refractivity contribution in [1.29, 1.82) is 0 Å². The van der Waals surface area contributed by atoms with Crippen LogP contribution in [-0.2, 0) is 9.59 Å². The quantitative estimate of drug-likeness (QED) is 0.899. The lowest BCUT2D eigenvalue weighted by Gasteiger charge is -2.18. The molecule has 1 aromatic carbocycles. The predicted octanol–water partition coefficient (Wildman–Crippen LogP) is 3.17. The minimum atomic E-state index is -4.63. The average Bonchev–Trinajstić information content (AvgIpc) is 3.14. The van der Waals surface area contributed by atoms with Crippen molar-refractivity contribution in [3.8, 4) is 0 Å². The number of likely N-dealkylation sites (tertiary alicyclic amines) is 1. The molecule has 2 aliphatic rings. The van der Waals surface area contributed by atoms with Crippen molar-refractivity contribution in [1.82, 2.24) is 4.90 Å². The van der Waals surface area contributed by atoms with E-state index < -0.39 is 48.9 Å². The maximum Gasteiger partial charge on any atom is 0.394 e. The fourth-order valence-corrected chi connectivity index (χ4v) is 3.57. The zero-order chi connectivity index (χ0) is 17.6. The van der Waals surface area contributed by atoms with Crippen LogP contribution in [0.3, 0.4) is 0 Å². The van der Waals surface area contributed by atoms with Crippen LogP contribution in [0.2, 0.25) is 5.02 Å². The molecular formula is C16H15ClF3NO3. The van der Waals surface area contributed by atoms with Crippen molar-refractivity contribution >= 4 is 23.5 Å². The third-order valence-corrected chi connectivity index (χ3v) is 4.99. The number of amides is 1. The summed E-state index contributed by atoms with van der Waals surface area (Å²) < 4.78 is 39.0. The second-order valence-electron chi connectivity index (χ2n) is 6.34. The Morgan fingerprint density at radius 3 is 2.46 bits per heavy atom. The summed E-state index contributed by atoms with van der Waals surface area (Å²) in [6, 6.07) is 7.03. The number of carbonyl (C=O) groups is 2. The van der Waals surface area contributed by atoms with Crippen LogP contribution in [0, 0.1) is 17.8 Å². The molecule has 0 aromatic heterocycles. The summed E-state index contributed by atoms with van der Waals surface area (Å²) in [6.45, 7) is -0.977. The molecule has 130 valence electrons. The number of hydrogen-bond donors (Lipinski definition) is 1. The van der Waals surface area contributed by atoms with Crippen LogP contribution in [0.15, 0.2) is 24.3 Å². The second kappa shape index (κ2) is 5.95. The molecule has 4 nitrogen and oxygen atoms in total. The Kier molecular flexibility index (Phi) is 4.23. The molecule has 0 bridgehead atoms. The first-order valence-electron chi connectivity index (χ1n) is 7.52. The number of hydrogen-bond acceptors (Lipinski definition) is 2. The largest absolute Gasteiger partial charge is 0.481 e. The molecule has 24 heavy (non-hydrogen) atoms. The Morgan fingerprint density at radius 1 is 1.21 bits per heavy atom. The number of benzene rings is 1. The minimum absolute atomic E-state index is 0.0654. The molecule has 8 heteroatoms. The molecule has 1 saturated heterocycles. The normalized spacial score (nSPS) is 29.6. The summed E-state index contributed by atoms with van der Waals surface area (Å²) in [6.07, 6.45) is -4.09. The van der Waals surface area contributed by atoms with Crippen LogP contribution in [0.4, 0.5) is 13.2 Å². The third-order valence-electron chi connectivity index (χ3n) is 4.75. The van der Waals surface area contributed by atoms with Crippen molar-refractivity contribution in [3.63, 3.8) is 0 Å². The lowest BCUT2D eigenvalue weighted by Crippen LogP contribution is -2.34. The van der Waals surface area contributed by atoms with Gasteiger partial charge in [0.25, 0.3) is 0 Å². The van der Waals surface area contributed by atoms with Crippen LogP contribution in [0.5, 0.6) is 0 Å². The summed E-state index contributed by atoms with van der Waals surface area (Å²) in [4.78, 5) is 24.6. The molecule has 1 heterocycles. The van der Waals surface area contributed by atoms with Gasteiger partial charge in [-0.1, -0.05) is 23.7 Å². The van der Waals surface area contributed by atoms with E-state index in [4.69, 9.17) is 16.7 Å². The average molecular weight is 362 g/mol. The second-order valence-corrected chi connectivity index (χ2v) is 6.78. The summed E-state index contributed by atoms with van der Waals surface area (Å²) in [5, 5.41) is 9.55. The van der Waals surface area contributed by atoms with E-state index in [0.29, 0.717) is 11.4 Å². The van der Waals surface area contributed by atoms with Crippen molar-refractivity contribution in [3.05, 3.63) is 34.9 Å². The molecular weight excluding hydrogens is 347 g/mol. The Bertz CT molecular complexity index is 679. The predicted molar refractivity (Wildman–Crippen MR) is 79.6 cm³/mol.